The molecule has 2 aromatic rings. The van der Waals surface area contributed by atoms with Crippen molar-refractivity contribution in [3.63, 3.8) is 0 Å². The molecule has 3 rings (SSSR count). The summed E-state index contributed by atoms with van der Waals surface area (Å²) in [5.41, 5.74) is 0. The van der Waals surface area contributed by atoms with Gasteiger partial charge in [-0.2, -0.15) is 0 Å². The van der Waals surface area contributed by atoms with E-state index in [2.05, 4.69) is 36.6 Å². The fourth-order valence-corrected chi connectivity index (χ4v) is 3.29. The van der Waals surface area contributed by atoms with Crippen molar-refractivity contribution in [2.75, 3.05) is 5.32 Å². The second-order valence-corrected chi connectivity index (χ2v) is 6.50. The van der Waals surface area contributed by atoms with Crippen molar-refractivity contribution >= 4 is 44.7 Å². The Balaban J connectivity index is 1.74. The summed E-state index contributed by atoms with van der Waals surface area (Å²) >= 11 is 11.2. The van der Waals surface area contributed by atoms with Crippen molar-refractivity contribution in [1.82, 2.24) is 9.97 Å². The van der Waals surface area contributed by atoms with Crippen molar-refractivity contribution < 1.29 is 0 Å². The number of hydrogen-bond donors (Lipinski definition) is 1. The van der Waals surface area contributed by atoms with E-state index < -0.39 is 0 Å². The highest BCUT2D eigenvalue weighted by molar-refractivity contribution is 9.10. The topological polar surface area (TPSA) is 37.8 Å². The molecule has 18 heavy (non-hydrogen) atoms. The summed E-state index contributed by atoms with van der Waals surface area (Å²) in [5.74, 6) is 2.19. The van der Waals surface area contributed by atoms with E-state index in [4.69, 9.17) is 11.6 Å². The molecule has 0 bridgehead atoms. The standard InChI is InChI=1S/C12H11BrClN3S/c13-8-3-4-18-9(8)6-15-11-5-10(14)16-12(17-11)7-1-2-7/h3-5,7H,1-2,6H2,(H,15,16,17). The van der Waals surface area contributed by atoms with Crippen LogP contribution in [0, 0.1) is 0 Å². The number of halogens is 2. The molecule has 0 radical (unpaired) electrons. The molecule has 0 saturated heterocycles. The summed E-state index contributed by atoms with van der Waals surface area (Å²) in [6.07, 6.45) is 2.35. The number of hydrogen-bond acceptors (Lipinski definition) is 4. The van der Waals surface area contributed by atoms with E-state index in [1.54, 1.807) is 17.4 Å². The largest absolute Gasteiger partial charge is 0.365 e. The molecule has 0 spiro atoms. The van der Waals surface area contributed by atoms with Crippen LogP contribution in [0.5, 0.6) is 0 Å². The van der Waals surface area contributed by atoms with Gasteiger partial charge in [-0.15, -0.1) is 11.3 Å². The van der Waals surface area contributed by atoms with E-state index in [0.29, 0.717) is 11.1 Å². The molecule has 0 aromatic carbocycles. The third-order valence-electron chi connectivity index (χ3n) is 2.78. The third-order valence-corrected chi connectivity index (χ3v) is 4.90. The van der Waals surface area contributed by atoms with Gasteiger partial charge in [0.2, 0.25) is 0 Å². The second-order valence-electron chi connectivity index (χ2n) is 4.25. The lowest BCUT2D eigenvalue weighted by atomic mass is 10.4. The van der Waals surface area contributed by atoms with Crippen molar-refractivity contribution in [2.24, 2.45) is 0 Å². The monoisotopic (exact) mass is 343 g/mol. The first kappa shape index (κ1) is 12.4. The minimum absolute atomic E-state index is 0.512. The minimum atomic E-state index is 0.512. The number of thiophene rings is 1. The van der Waals surface area contributed by atoms with Gasteiger partial charge in [0.25, 0.3) is 0 Å². The molecule has 2 heterocycles. The van der Waals surface area contributed by atoms with Gasteiger partial charge in [0.05, 0.1) is 6.54 Å². The Morgan fingerprint density at radius 2 is 2.28 bits per heavy atom. The van der Waals surface area contributed by atoms with Crippen LogP contribution >= 0.6 is 38.9 Å². The van der Waals surface area contributed by atoms with Gasteiger partial charge in [0.15, 0.2) is 0 Å². The first-order valence-corrected chi connectivity index (χ1v) is 7.77. The van der Waals surface area contributed by atoms with Gasteiger partial charge >= 0.3 is 0 Å². The van der Waals surface area contributed by atoms with Crippen LogP contribution in [0.3, 0.4) is 0 Å². The van der Waals surface area contributed by atoms with Crippen molar-refractivity contribution in [3.05, 3.63) is 37.8 Å². The zero-order valence-electron chi connectivity index (χ0n) is 9.49. The van der Waals surface area contributed by atoms with Gasteiger partial charge in [-0.05, 0) is 40.2 Å². The summed E-state index contributed by atoms with van der Waals surface area (Å²) < 4.78 is 1.13. The highest BCUT2D eigenvalue weighted by atomic mass is 79.9. The maximum Gasteiger partial charge on any atom is 0.135 e. The zero-order chi connectivity index (χ0) is 12.5. The van der Waals surface area contributed by atoms with E-state index in [0.717, 1.165) is 22.7 Å². The Morgan fingerprint density at radius 1 is 1.44 bits per heavy atom. The van der Waals surface area contributed by atoms with Crippen LogP contribution in [-0.4, -0.2) is 9.97 Å². The molecule has 1 fully saturated rings. The molecular formula is C12H11BrClN3S. The summed E-state index contributed by atoms with van der Waals surface area (Å²) in [4.78, 5) is 10.0. The number of anilines is 1. The van der Waals surface area contributed by atoms with Gasteiger partial charge in [0, 0.05) is 21.3 Å². The Morgan fingerprint density at radius 3 is 2.94 bits per heavy atom. The van der Waals surface area contributed by atoms with Crippen LogP contribution in [0.25, 0.3) is 0 Å². The van der Waals surface area contributed by atoms with E-state index in [9.17, 15) is 0 Å². The lowest BCUT2D eigenvalue weighted by molar-refractivity contribution is 0.922. The maximum absolute atomic E-state index is 6.02. The van der Waals surface area contributed by atoms with Crippen LogP contribution in [0.2, 0.25) is 5.15 Å². The van der Waals surface area contributed by atoms with Crippen LogP contribution < -0.4 is 5.32 Å². The molecule has 1 saturated carbocycles. The summed E-state index contributed by atoms with van der Waals surface area (Å²) in [6, 6.07) is 3.82. The fourth-order valence-electron chi connectivity index (χ4n) is 1.67. The van der Waals surface area contributed by atoms with Crippen LogP contribution in [0.15, 0.2) is 22.0 Å². The summed E-state index contributed by atoms with van der Waals surface area (Å²) in [5, 5.41) is 5.87. The Labute approximate surface area is 123 Å². The second kappa shape index (κ2) is 5.15. The third kappa shape index (κ3) is 2.84. The predicted molar refractivity (Wildman–Crippen MR) is 78.4 cm³/mol. The number of nitrogens with zero attached hydrogens (tertiary/aromatic N) is 2. The van der Waals surface area contributed by atoms with Gasteiger partial charge in [-0.3, -0.25) is 0 Å². The van der Waals surface area contributed by atoms with Crippen LogP contribution in [-0.2, 0) is 6.54 Å². The minimum Gasteiger partial charge on any atom is -0.365 e. The lowest BCUT2D eigenvalue weighted by Gasteiger charge is -2.07. The molecule has 1 aliphatic rings. The first-order chi connectivity index (χ1) is 8.72. The first-order valence-electron chi connectivity index (χ1n) is 5.72. The molecule has 1 N–H and O–H groups in total. The Kier molecular flexibility index (Phi) is 3.54. The molecule has 94 valence electrons. The van der Waals surface area contributed by atoms with Gasteiger partial charge in [-0.25, -0.2) is 9.97 Å². The molecule has 2 aromatic heterocycles. The maximum atomic E-state index is 6.02. The number of rotatable bonds is 4. The van der Waals surface area contributed by atoms with E-state index in [1.165, 1.54) is 17.7 Å². The van der Waals surface area contributed by atoms with Gasteiger partial charge < -0.3 is 5.32 Å². The zero-order valence-corrected chi connectivity index (χ0v) is 12.6. The van der Waals surface area contributed by atoms with Crippen LogP contribution in [0.1, 0.15) is 29.5 Å². The predicted octanol–water partition coefficient (Wildman–Crippen LogP) is 4.44. The number of nitrogens with one attached hydrogen (secondary N) is 1. The highest BCUT2D eigenvalue weighted by Gasteiger charge is 2.27. The van der Waals surface area contributed by atoms with E-state index >= 15 is 0 Å². The Hall–Kier alpha value is -0.650. The quantitative estimate of drug-likeness (QED) is 0.833. The SMILES string of the molecule is Clc1cc(NCc2sccc2Br)nc(C2CC2)n1. The molecule has 0 atom stereocenters. The average molecular weight is 345 g/mol. The molecule has 1 aliphatic carbocycles. The normalized spacial score (nSPS) is 14.8. The van der Waals surface area contributed by atoms with Gasteiger partial charge in [0.1, 0.15) is 16.8 Å². The molecule has 0 amide bonds. The molecule has 6 heteroatoms. The average Bonchev–Trinajstić information content (AvgIpc) is 3.11. The van der Waals surface area contributed by atoms with Crippen molar-refractivity contribution in [1.29, 1.82) is 0 Å². The summed E-state index contributed by atoms with van der Waals surface area (Å²) in [6.45, 7) is 0.746. The Bertz CT molecular complexity index is 568. The lowest BCUT2D eigenvalue weighted by Crippen LogP contribution is -2.03. The molecule has 0 unspecified atom stereocenters. The number of aromatic nitrogens is 2. The molecule has 3 nitrogen and oxygen atoms in total. The highest BCUT2D eigenvalue weighted by Crippen LogP contribution is 2.38. The van der Waals surface area contributed by atoms with Gasteiger partial charge in [-0.1, -0.05) is 11.6 Å². The summed E-state index contributed by atoms with van der Waals surface area (Å²) in [7, 11) is 0. The van der Waals surface area contributed by atoms with Crippen LogP contribution in [0.4, 0.5) is 5.82 Å². The smallest absolute Gasteiger partial charge is 0.135 e. The van der Waals surface area contributed by atoms with E-state index in [-0.39, 0.29) is 0 Å². The molecule has 0 aliphatic heterocycles. The molecular weight excluding hydrogens is 334 g/mol. The van der Waals surface area contributed by atoms with Crippen molar-refractivity contribution in [3.8, 4) is 0 Å². The van der Waals surface area contributed by atoms with Crippen molar-refractivity contribution in [2.45, 2.75) is 25.3 Å². The van der Waals surface area contributed by atoms with E-state index in [1.807, 2.05) is 6.07 Å². The fraction of sp³-hybridized carbons (Fsp3) is 0.333.